The third kappa shape index (κ3) is 4.17. The summed E-state index contributed by atoms with van der Waals surface area (Å²) in [6.45, 7) is 7.90. The molecule has 0 saturated carbocycles. The standard InChI is InChI=1S/C19H22O7/c1-10-4-5-14(22)13(9-21)7-16-17(12(3)19(24)26-16)15(6-10)25-18(23)11(2)8-20/h4,7,15-17,20-21H,2-3,5-6,8-9H2,1H3. The van der Waals surface area contributed by atoms with Crippen LogP contribution in [0.2, 0.25) is 0 Å². The van der Waals surface area contributed by atoms with Crippen LogP contribution in [0.1, 0.15) is 19.8 Å². The fraction of sp³-hybridized carbons (Fsp3) is 0.421. The molecule has 7 nitrogen and oxygen atoms in total. The SMILES string of the molecule is C=C(CO)C(=O)OC1CC(C)=CCC(=O)C(CO)=CC2OC(=O)C(=C)C21. The normalized spacial score (nSPS) is 26.4. The number of fused-ring (bicyclic) bond motifs is 1. The molecule has 0 spiro atoms. The lowest BCUT2D eigenvalue weighted by Crippen LogP contribution is -2.34. The van der Waals surface area contributed by atoms with E-state index in [-0.39, 0.29) is 35.3 Å². The third-order valence-electron chi connectivity index (χ3n) is 4.45. The van der Waals surface area contributed by atoms with E-state index >= 15 is 0 Å². The second kappa shape index (κ2) is 8.25. The fourth-order valence-corrected chi connectivity index (χ4v) is 2.94. The Morgan fingerprint density at radius 3 is 2.69 bits per heavy atom. The first kappa shape index (κ1) is 19.8. The molecule has 26 heavy (non-hydrogen) atoms. The van der Waals surface area contributed by atoms with Gasteiger partial charge in [-0.3, -0.25) is 4.79 Å². The van der Waals surface area contributed by atoms with Crippen molar-refractivity contribution >= 4 is 17.7 Å². The van der Waals surface area contributed by atoms with E-state index in [0.717, 1.165) is 5.57 Å². The van der Waals surface area contributed by atoms with Gasteiger partial charge < -0.3 is 19.7 Å². The zero-order valence-corrected chi connectivity index (χ0v) is 14.6. The van der Waals surface area contributed by atoms with E-state index in [4.69, 9.17) is 14.6 Å². The second-order valence-electron chi connectivity index (χ2n) is 6.36. The zero-order valence-electron chi connectivity index (χ0n) is 14.6. The number of hydrogen-bond donors (Lipinski definition) is 2. The van der Waals surface area contributed by atoms with Gasteiger partial charge in [-0.05, 0) is 13.0 Å². The van der Waals surface area contributed by atoms with Gasteiger partial charge in [0.25, 0.3) is 0 Å². The maximum atomic E-state index is 12.2. The second-order valence-corrected chi connectivity index (χ2v) is 6.36. The Balaban J connectivity index is 2.45. The summed E-state index contributed by atoms with van der Waals surface area (Å²) < 4.78 is 10.7. The van der Waals surface area contributed by atoms with Crippen molar-refractivity contribution in [2.45, 2.75) is 32.0 Å². The van der Waals surface area contributed by atoms with Crippen LogP contribution in [-0.2, 0) is 23.9 Å². The molecule has 7 heteroatoms. The van der Waals surface area contributed by atoms with E-state index in [9.17, 15) is 19.5 Å². The van der Waals surface area contributed by atoms with Gasteiger partial charge in [-0.2, -0.15) is 0 Å². The molecule has 3 atom stereocenters. The Morgan fingerprint density at radius 2 is 2.08 bits per heavy atom. The summed E-state index contributed by atoms with van der Waals surface area (Å²) in [6.07, 6.45) is 1.74. The minimum absolute atomic E-state index is 0.0779. The van der Waals surface area contributed by atoms with Crippen LogP contribution < -0.4 is 0 Å². The first-order valence-electron chi connectivity index (χ1n) is 8.18. The Kier molecular flexibility index (Phi) is 6.28. The molecule has 0 aromatic carbocycles. The number of ether oxygens (including phenoxy) is 2. The molecule has 0 bridgehead atoms. The van der Waals surface area contributed by atoms with Gasteiger partial charge in [0.15, 0.2) is 5.78 Å². The summed E-state index contributed by atoms with van der Waals surface area (Å²) in [7, 11) is 0. The van der Waals surface area contributed by atoms with Gasteiger partial charge in [0.1, 0.15) is 12.2 Å². The number of rotatable bonds is 4. The van der Waals surface area contributed by atoms with E-state index in [1.54, 1.807) is 13.0 Å². The monoisotopic (exact) mass is 362 g/mol. The highest BCUT2D eigenvalue weighted by Crippen LogP contribution is 2.36. The van der Waals surface area contributed by atoms with Crippen LogP contribution in [0, 0.1) is 5.92 Å². The number of hydrogen-bond acceptors (Lipinski definition) is 7. The van der Waals surface area contributed by atoms with Gasteiger partial charge in [-0.1, -0.05) is 24.8 Å². The van der Waals surface area contributed by atoms with Crippen LogP contribution in [0.5, 0.6) is 0 Å². The number of aliphatic hydroxyl groups is 2. The van der Waals surface area contributed by atoms with Crippen molar-refractivity contribution in [1.82, 2.24) is 0 Å². The van der Waals surface area contributed by atoms with Crippen molar-refractivity contribution in [3.63, 3.8) is 0 Å². The van der Waals surface area contributed by atoms with Crippen LogP contribution >= 0.6 is 0 Å². The van der Waals surface area contributed by atoms with Crippen molar-refractivity contribution < 1.29 is 34.1 Å². The van der Waals surface area contributed by atoms with E-state index in [2.05, 4.69) is 13.2 Å². The van der Waals surface area contributed by atoms with Gasteiger partial charge in [-0.15, -0.1) is 0 Å². The molecule has 1 aliphatic carbocycles. The van der Waals surface area contributed by atoms with Gasteiger partial charge in [0, 0.05) is 24.0 Å². The largest absolute Gasteiger partial charge is 0.458 e. The maximum absolute atomic E-state index is 12.2. The topological polar surface area (TPSA) is 110 Å². The van der Waals surface area contributed by atoms with Crippen LogP contribution in [0.15, 0.2) is 47.6 Å². The van der Waals surface area contributed by atoms with Gasteiger partial charge in [-0.25, -0.2) is 9.59 Å². The predicted octanol–water partition coefficient (Wildman–Crippen LogP) is 0.772. The van der Waals surface area contributed by atoms with Gasteiger partial charge in [0.2, 0.25) is 0 Å². The number of allylic oxidation sites excluding steroid dienone is 1. The molecule has 3 unspecified atom stereocenters. The van der Waals surface area contributed by atoms with Crippen LogP contribution in [0.3, 0.4) is 0 Å². The van der Waals surface area contributed by atoms with Gasteiger partial charge >= 0.3 is 11.9 Å². The minimum atomic E-state index is -0.882. The van der Waals surface area contributed by atoms with Crippen LogP contribution in [0.25, 0.3) is 0 Å². The lowest BCUT2D eigenvalue weighted by atomic mass is 9.85. The maximum Gasteiger partial charge on any atom is 0.336 e. The van der Waals surface area contributed by atoms with E-state index in [1.165, 1.54) is 6.08 Å². The molecule has 1 heterocycles. The number of ketones is 1. The Labute approximate surface area is 151 Å². The highest BCUT2D eigenvalue weighted by atomic mass is 16.6. The molecule has 0 aromatic heterocycles. The van der Waals surface area contributed by atoms with Crippen molar-refractivity contribution in [3.05, 3.63) is 47.6 Å². The lowest BCUT2D eigenvalue weighted by molar-refractivity contribution is -0.147. The summed E-state index contributed by atoms with van der Waals surface area (Å²) in [4.78, 5) is 36.3. The molecule has 2 aliphatic rings. The molecule has 1 aliphatic heterocycles. The van der Waals surface area contributed by atoms with Crippen LogP contribution in [0.4, 0.5) is 0 Å². The first-order valence-corrected chi connectivity index (χ1v) is 8.18. The Hall–Kier alpha value is -2.51. The minimum Gasteiger partial charge on any atom is -0.458 e. The molecule has 2 N–H and O–H groups in total. The Morgan fingerprint density at radius 1 is 1.38 bits per heavy atom. The first-order chi connectivity index (χ1) is 12.3. The molecule has 1 saturated heterocycles. The molecule has 140 valence electrons. The Bertz CT molecular complexity index is 713. The lowest BCUT2D eigenvalue weighted by Gasteiger charge is -2.27. The van der Waals surface area contributed by atoms with E-state index in [1.807, 2.05) is 0 Å². The summed E-state index contributed by atoms with van der Waals surface area (Å²) in [5.41, 5.74) is 0.906. The molecule has 2 rings (SSSR count). The van der Waals surface area contributed by atoms with Crippen molar-refractivity contribution in [2.24, 2.45) is 5.92 Å². The summed E-state index contributed by atoms with van der Waals surface area (Å²) in [5, 5.41) is 18.5. The quantitative estimate of drug-likeness (QED) is 0.432. The van der Waals surface area contributed by atoms with E-state index in [0.29, 0.717) is 0 Å². The summed E-state index contributed by atoms with van der Waals surface area (Å²) in [5.74, 6) is -2.42. The van der Waals surface area contributed by atoms with Crippen molar-refractivity contribution in [3.8, 4) is 0 Å². The molecule has 0 radical (unpaired) electrons. The van der Waals surface area contributed by atoms with Gasteiger partial charge in [0.05, 0.1) is 24.7 Å². The molecule has 1 fully saturated rings. The molecule has 0 aromatic rings. The smallest absolute Gasteiger partial charge is 0.336 e. The summed E-state index contributed by atoms with van der Waals surface area (Å²) >= 11 is 0. The molecular weight excluding hydrogens is 340 g/mol. The highest BCUT2D eigenvalue weighted by molar-refractivity contribution is 5.97. The summed E-state index contributed by atoms with van der Waals surface area (Å²) in [6, 6.07) is 0. The third-order valence-corrected chi connectivity index (χ3v) is 4.45. The number of aliphatic hydroxyl groups excluding tert-OH is 2. The predicted molar refractivity (Wildman–Crippen MR) is 91.8 cm³/mol. The highest BCUT2D eigenvalue weighted by Gasteiger charge is 2.44. The van der Waals surface area contributed by atoms with E-state index < -0.39 is 43.3 Å². The van der Waals surface area contributed by atoms with Crippen LogP contribution in [-0.4, -0.2) is 53.4 Å². The number of esters is 2. The van der Waals surface area contributed by atoms with Crippen molar-refractivity contribution in [1.29, 1.82) is 0 Å². The number of carbonyl (C=O) groups is 3. The number of Topliss-reactive ketones (excluding diaryl/α,β-unsaturated/α-hetero) is 1. The number of carbonyl (C=O) groups excluding carboxylic acids is 3. The van der Waals surface area contributed by atoms with Crippen molar-refractivity contribution in [2.75, 3.05) is 13.2 Å². The average Bonchev–Trinajstić information content (AvgIpc) is 2.89. The molecule has 0 amide bonds. The zero-order chi connectivity index (χ0) is 19.4. The average molecular weight is 362 g/mol. The fourth-order valence-electron chi connectivity index (χ4n) is 2.94. The molecular formula is C19H22O7.